The first-order valence-corrected chi connectivity index (χ1v) is 24.9. The molecule has 4 fully saturated rings. The molecule has 3 saturated heterocycles. The van der Waals surface area contributed by atoms with Crippen molar-refractivity contribution in [1.82, 2.24) is 0 Å². The largest absolute Gasteiger partial charge is 0.389 e. The highest BCUT2D eigenvalue weighted by molar-refractivity contribution is 7.86. The van der Waals surface area contributed by atoms with Crippen LogP contribution in [0.2, 0.25) is 0 Å². The molecule has 19 atom stereocenters. The smallest absolute Gasteiger partial charge is 0.267 e. The predicted molar refractivity (Wildman–Crippen MR) is 219 cm³/mol. The van der Waals surface area contributed by atoms with Crippen molar-refractivity contribution in [2.75, 3.05) is 31.3 Å². The van der Waals surface area contributed by atoms with Crippen molar-refractivity contribution < 1.29 is 84.3 Å². The third-order valence-electron chi connectivity index (χ3n) is 11.8. The summed E-state index contributed by atoms with van der Waals surface area (Å²) < 4.78 is 97.4. The lowest BCUT2D eigenvalue weighted by atomic mass is 9.84. The van der Waals surface area contributed by atoms with Crippen molar-refractivity contribution in [1.29, 1.82) is 0 Å². The first kappa shape index (κ1) is 53.8. The Kier molecular flexibility index (Phi) is 21.5. The number of aliphatic hydroxyl groups excluding tert-OH is 6. The van der Waals surface area contributed by atoms with Crippen molar-refractivity contribution >= 4 is 20.2 Å². The first-order chi connectivity index (χ1) is 29.2. The van der Waals surface area contributed by atoms with Gasteiger partial charge in [-0.05, 0) is 19.3 Å². The quantitative estimate of drug-likeness (QED) is 0.0305. The standard InChI is InChI=1S/C37H73N5O18S2/c1-3-5-7-9-11-13-61(49,50)53-17-22-28(45)30(47)25(42)36(56-22)58-32-20(40)15-19(39)26(43)34(32)60-37-31(48)33(59-35-24(41)29(46)27(44)21(16-38)55-35)23(57-37)18-54-62(51,52)14-12-10-8-6-4-2/h19-37,43-48H,3-18,38-42H2,1-2H3/t19-,20+,21?,22-,23-,24-,25-,26+,27-,28-,29-,30-,31-,32-,33-,34-,35-,36-,37+/m1/s1. The first-order valence-electron chi connectivity index (χ1n) is 21.7. The lowest BCUT2D eigenvalue weighted by Crippen LogP contribution is -2.68. The average Bonchev–Trinajstić information content (AvgIpc) is 3.52. The number of nitrogens with two attached hydrogens (primary N) is 5. The molecular weight excluding hydrogens is 867 g/mol. The van der Waals surface area contributed by atoms with Gasteiger partial charge in [-0.15, -0.1) is 0 Å². The highest BCUT2D eigenvalue weighted by Gasteiger charge is 2.55. The number of hydrogen-bond donors (Lipinski definition) is 11. The van der Waals surface area contributed by atoms with E-state index in [1.807, 2.05) is 13.8 Å². The number of hydrogen-bond acceptors (Lipinski definition) is 23. The van der Waals surface area contributed by atoms with Crippen molar-refractivity contribution in [3.63, 3.8) is 0 Å². The summed E-state index contributed by atoms with van der Waals surface area (Å²) in [6.45, 7) is 2.43. The average molecular weight is 940 g/mol. The van der Waals surface area contributed by atoms with E-state index in [2.05, 4.69) is 0 Å². The Balaban J connectivity index is 1.52. The van der Waals surface area contributed by atoms with Crippen LogP contribution in [0.25, 0.3) is 0 Å². The summed E-state index contributed by atoms with van der Waals surface area (Å²) in [5.41, 5.74) is 30.8. The predicted octanol–water partition coefficient (Wildman–Crippen LogP) is -4.21. The second-order valence-electron chi connectivity index (χ2n) is 16.7. The van der Waals surface area contributed by atoms with Gasteiger partial charge in [0.1, 0.15) is 67.1 Å². The molecule has 3 heterocycles. The van der Waals surface area contributed by atoms with Crippen LogP contribution in [0, 0.1) is 0 Å². The van der Waals surface area contributed by atoms with Crippen molar-refractivity contribution in [2.24, 2.45) is 28.7 Å². The van der Waals surface area contributed by atoms with E-state index < -0.39 is 150 Å². The fraction of sp³-hybridized carbons (Fsp3) is 1.00. The van der Waals surface area contributed by atoms with Gasteiger partial charge >= 0.3 is 0 Å². The molecular formula is C37H73N5O18S2. The molecule has 0 aromatic heterocycles. The van der Waals surface area contributed by atoms with Gasteiger partial charge in [-0.25, -0.2) is 0 Å². The van der Waals surface area contributed by atoms with E-state index in [1.165, 1.54) is 0 Å². The van der Waals surface area contributed by atoms with Crippen LogP contribution in [0.3, 0.4) is 0 Å². The third kappa shape index (κ3) is 14.6. The van der Waals surface area contributed by atoms with Gasteiger partial charge in [0.2, 0.25) is 0 Å². The number of ether oxygens (including phenoxy) is 6. The third-order valence-corrected chi connectivity index (χ3v) is 14.3. The van der Waals surface area contributed by atoms with Gasteiger partial charge in [0.05, 0.1) is 42.9 Å². The maximum absolute atomic E-state index is 12.9. The fourth-order valence-electron chi connectivity index (χ4n) is 7.90. The van der Waals surface area contributed by atoms with E-state index >= 15 is 0 Å². The van der Waals surface area contributed by atoms with Gasteiger partial charge in [0.15, 0.2) is 18.9 Å². The molecule has 16 N–H and O–H groups in total. The molecule has 1 saturated carbocycles. The van der Waals surface area contributed by atoms with E-state index in [9.17, 15) is 47.5 Å². The summed E-state index contributed by atoms with van der Waals surface area (Å²) in [6, 6.07) is -4.86. The Morgan fingerprint density at radius 2 is 0.935 bits per heavy atom. The molecule has 0 aromatic carbocycles. The molecule has 0 amide bonds. The highest BCUT2D eigenvalue weighted by atomic mass is 32.2. The van der Waals surface area contributed by atoms with Crippen LogP contribution in [0.4, 0.5) is 0 Å². The Hall–Kier alpha value is -0.860. The second kappa shape index (κ2) is 24.8. The summed E-state index contributed by atoms with van der Waals surface area (Å²) in [5.74, 6) is -0.559. The zero-order chi connectivity index (χ0) is 45.9. The van der Waals surface area contributed by atoms with Crippen LogP contribution >= 0.6 is 0 Å². The number of aliphatic hydroxyl groups is 6. The van der Waals surface area contributed by atoms with Crippen LogP contribution in [0.15, 0.2) is 0 Å². The number of rotatable bonds is 25. The lowest BCUT2D eigenvalue weighted by molar-refractivity contribution is -0.310. The van der Waals surface area contributed by atoms with Gasteiger partial charge in [-0.2, -0.15) is 16.8 Å². The van der Waals surface area contributed by atoms with Gasteiger partial charge < -0.3 is 87.7 Å². The topological polar surface area (TPSA) is 394 Å². The monoisotopic (exact) mass is 939 g/mol. The Bertz CT molecular complexity index is 1540. The van der Waals surface area contributed by atoms with E-state index in [4.69, 9.17) is 65.5 Å². The maximum Gasteiger partial charge on any atom is 0.267 e. The zero-order valence-electron chi connectivity index (χ0n) is 35.6. The zero-order valence-corrected chi connectivity index (χ0v) is 37.2. The molecule has 3 aliphatic heterocycles. The van der Waals surface area contributed by atoms with Crippen LogP contribution in [-0.4, -0.2) is 195 Å². The fourth-order valence-corrected chi connectivity index (χ4v) is 9.93. The van der Waals surface area contributed by atoms with Crippen LogP contribution in [0.1, 0.15) is 84.5 Å². The molecule has 366 valence electrons. The molecule has 1 aliphatic carbocycles. The van der Waals surface area contributed by atoms with Crippen molar-refractivity contribution in [3.8, 4) is 0 Å². The Morgan fingerprint density at radius 1 is 0.500 bits per heavy atom. The minimum atomic E-state index is -4.10. The molecule has 23 nitrogen and oxygen atoms in total. The van der Waals surface area contributed by atoms with E-state index in [0.717, 1.165) is 38.5 Å². The summed E-state index contributed by atoms with van der Waals surface area (Å²) in [4.78, 5) is 0. The van der Waals surface area contributed by atoms with Gasteiger partial charge in [-0.3, -0.25) is 8.37 Å². The van der Waals surface area contributed by atoms with Gasteiger partial charge in [0.25, 0.3) is 20.2 Å². The van der Waals surface area contributed by atoms with E-state index in [-0.39, 0.29) is 24.5 Å². The minimum Gasteiger partial charge on any atom is -0.389 e. The van der Waals surface area contributed by atoms with Gasteiger partial charge in [-0.1, -0.05) is 65.2 Å². The number of unbranched alkanes of at least 4 members (excludes halogenated alkanes) is 8. The lowest BCUT2D eigenvalue weighted by Gasteiger charge is -2.47. The van der Waals surface area contributed by atoms with Crippen LogP contribution in [0.5, 0.6) is 0 Å². The second-order valence-corrected chi connectivity index (χ2v) is 20.3. The summed E-state index contributed by atoms with van der Waals surface area (Å²) in [5, 5.41) is 65.7. The Morgan fingerprint density at radius 3 is 1.45 bits per heavy atom. The molecule has 1 unspecified atom stereocenters. The molecule has 0 bridgehead atoms. The van der Waals surface area contributed by atoms with Crippen molar-refractivity contribution in [3.05, 3.63) is 0 Å². The molecule has 4 aliphatic rings. The Labute approximate surface area is 364 Å². The molecule has 62 heavy (non-hydrogen) atoms. The molecule has 0 radical (unpaired) electrons. The molecule has 0 aromatic rings. The minimum absolute atomic E-state index is 0.0398. The van der Waals surface area contributed by atoms with E-state index in [0.29, 0.717) is 25.7 Å². The van der Waals surface area contributed by atoms with Gasteiger partial charge in [0, 0.05) is 18.6 Å². The summed E-state index contributed by atoms with van der Waals surface area (Å²) in [6.07, 6.45) is -15.5. The maximum atomic E-state index is 12.9. The molecule has 0 spiro atoms. The summed E-state index contributed by atoms with van der Waals surface area (Å²) in [7, 11) is -8.14. The van der Waals surface area contributed by atoms with E-state index in [1.54, 1.807) is 0 Å². The van der Waals surface area contributed by atoms with Crippen LogP contribution < -0.4 is 28.7 Å². The molecule has 4 rings (SSSR count). The van der Waals surface area contributed by atoms with Crippen molar-refractivity contribution in [2.45, 2.75) is 201 Å². The SMILES string of the molecule is CCCCCCCS(=O)(=O)OC[C@H]1O[C@H](O[C@H]2[C@H](O[C@@H]3O[C@H](COS(=O)(=O)CCCCCCC)[C@@H](O[C@H]4OC(CN)[C@@H](O)[C@H](O)[C@H]4N)[C@H]3O)[C@@H](O)[C@H](N)C[C@@H]2N)[C@H](N)[C@@H](O)[C@@H]1O. The highest BCUT2D eigenvalue weighted by Crippen LogP contribution is 2.35. The normalized spacial score (nSPS) is 40.8. The summed E-state index contributed by atoms with van der Waals surface area (Å²) >= 11 is 0. The molecule has 25 heteroatoms. The van der Waals surface area contributed by atoms with Crippen LogP contribution in [-0.2, 0) is 57.0 Å².